The Morgan fingerprint density at radius 2 is 2.13 bits per heavy atom. The molecule has 0 unspecified atom stereocenters. The van der Waals surface area contributed by atoms with Gasteiger partial charge < -0.3 is 0 Å². The number of nitrogens with one attached hydrogen (secondary N) is 1. The number of H-pyrrole nitrogens is 1. The van der Waals surface area contributed by atoms with Crippen LogP contribution in [-0.2, 0) is 0 Å². The lowest BCUT2D eigenvalue weighted by atomic mass is 10.0. The van der Waals surface area contributed by atoms with E-state index in [1.54, 1.807) is 6.33 Å². The van der Waals surface area contributed by atoms with E-state index in [1.807, 2.05) is 12.1 Å². The summed E-state index contributed by atoms with van der Waals surface area (Å²) in [4.78, 5) is 4.07. The van der Waals surface area contributed by atoms with Crippen LogP contribution < -0.4 is 0 Å². The standard InChI is InChI=1S/C11H12ClN3/c1-7(2)8-3-4-9(10(12)5-8)11-13-6-14-15-11/h3-7H,1-2H3,(H,13,14,15). The first-order valence-corrected chi connectivity index (χ1v) is 5.22. The molecule has 0 saturated heterocycles. The van der Waals surface area contributed by atoms with Crippen LogP contribution in [0.4, 0.5) is 0 Å². The first kappa shape index (κ1) is 10.2. The smallest absolute Gasteiger partial charge is 0.182 e. The van der Waals surface area contributed by atoms with Gasteiger partial charge in [-0.3, -0.25) is 5.10 Å². The van der Waals surface area contributed by atoms with Gasteiger partial charge in [0, 0.05) is 5.56 Å². The number of nitrogens with zero attached hydrogens (tertiary/aromatic N) is 2. The van der Waals surface area contributed by atoms with Crippen LogP contribution in [0.15, 0.2) is 24.5 Å². The highest BCUT2D eigenvalue weighted by atomic mass is 35.5. The van der Waals surface area contributed by atoms with E-state index in [2.05, 4.69) is 35.1 Å². The lowest BCUT2D eigenvalue weighted by Crippen LogP contribution is -1.89. The Labute approximate surface area is 93.5 Å². The van der Waals surface area contributed by atoms with Gasteiger partial charge in [-0.05, 0) is 23.6 Å². The Kier molecular flexibility index (Phi) is 2.73. The van der Waals surface area contributed by atoms with Gasteiger partial charge in [0.1, 0.15) is 6.33 Å². The lowest BCUT2D eigenvalue weighted by Gasteiger charge is -2.07. The van der Waals surface area contributed by atoms with E-state index in [1.165, 1.54) is 5.56 Å². The van der Waals surface area contributed by atoms with Crippen molar-refractivity contribution in [3.05, 3.63) is 35.1 Å². The van der Waals surface area contributed by atoms with Crippen LogP contribution in [0.25, 0.3) is 11.4 Å². The summed E-state index contributed by atoms with van der Waals surface area (Å²) in [6, 6.07) is 5.99. The van der Waals surface area contributed by atoms with Crippen LogP contribution in [0, 0.1) is 0 Å². The molecule has 15 heavy (non-hydrogen) atoms. The zero-order valence-corrected chi connectivity index (χ0v) is 9.42. The molecule has 0 aliphatic rings. The van der Waals surface area contributed by atoms with Gasteiger partial charge >= 0.3 is 0 Å². The molecule has 0 spiro atoms. The van der Waals surface area contributed by atoms with Crippen molar-refractivity contribution in [3.8, 4) is 11.4 Å². The summed E-state index contributed by atoms with van der Waals surface area (Å²) in [5.74, 6) is 1.11. The van der Waals surface area contributed by atoms with Crippen LogP contribution in [0.2, 0.25) is 5.02 Å². The van der Waals surface area contributed by atoms with Gasteiger partial charge in [0.15, 0.2) is 5.82 Å². The Balaban J connectivity index is 2.44. The van der Waals surface area contributed by atoms with Crippen molar-refractivity contribution in [2.75, 3.05) is 0 Å². The third-order valence-electron chi connectivity index (χ3n) is 2.32. The Morgan fingerprint density at radius 1 is 1.33 bits per heavy atom. The minimum atomic E-state index is 0.476. The van der Waals surface area contributed by atoms with Gasteiger partial charge in [-0.2, -0.15) is 5.10 Å². The van der Waals surface area contributed by atoms with Crippen molar-refractivity contribution in [3.63, 3.8) is 0 Å². The molecule has 0 aliphatic carbocycles. The van der Waals surface area contributed by atoms with Crippen LogP contribution in [0.5, 0.6) is 0 Å². The molecule has 0 bridgehead atoms. The van der Waals surface area contributed by atoms with Gasteiger partial charge in [-0.15, -0.1) is 0 Å². The molecule has 0 saturated carbocycles. The monoisotopic (exact) mass is 221 g/mol. The second kappa shape index (κ2) is 4.03. The Hall–Kier alpha value is -1.35. The summed E-state index contributed by atoms with van der Waals surface area (Å²) < 4.78 is 0. The minimum Gasteiger partial charge on any atom is -0.265 e. The highest BCUT2D eigenvalue weighted by Crippen LogP contribution is 2.28. The summed E-state index contributed by atoms with van der Waals surface area (Å²) >= 11 is 6.17. The average Bonchev–Trinajstić information content (AvgIpc) is 2.70. The molecule has 0 amide bonds. The summed E-state index contributed by atoms with van der Waals surface area (Å²) in [7, 11) is 0. The predicted molar refractivity (Wildman–Crippen MR) is 60.9 cm³/mol. The molecule has 2 rings (SSSR count). The van der Waals surface area contributed by atoms with E-state index in [-0.39, 0.29) is 0 Å². The maximum Gasteiger partial charge on any atom is 0.182 e. The molecule has 4 heteroatoms. The molecule has 2 aromatic rings. The van der Waals surface area contributed by atoms with E-state index >= 15 is 0 Å². The van der Waals surface area contributed by atoms with Crippen molar-refractivity contribution in [1.29, 1.82) is 0 Å². The highest BCUT2D eigenvalue weighted by molar-refractivity contribution is 6.33. The summed E-state index contributed by atoms with van der Waals surface area (Å²) in [6.45, 7) is 4.27. The van der Waals surface area contributed by atoms with Gasteiger partial charge in [0.25, 0.3) is 0 Å². The van der Waals surface area contributed by atoms with Gasteiger partial charge in [-0.1, -0.05) is 31.5 Å². The Morgan fingerprint density at radius 3 is 2.67 bits per heavy atom. The van der Waals surface area contributed by atoms with Crippen molar-refractivity contribution in [2.45, 2.75) is 19.8 Å². The van der Waals surface area contributed by atoms with Crippen molar-refractivity contribution >= 4 is 11.6 Å². The number of aromatic nitrogens is 3. The Bertz CT molecular complexity index is 449. The molecule has 0 atom stereocenters. The quantitative estimate of drug-likeness (QED) is 0.846. The molecule has 0 radical (unpaired) electrons. The molecule has 1 aromatic heterocycles. The third-order valence-corrected chi connectivity index (χ3v) is 2.63. The molecule has 1 heterocycles. The highest BCUT2D eigenvalue weighted by Gasteiger charge is 2.08. The maximum atomic E-state index is 6.17. The third kappa shape index (κ3) is 2.02. The fraction of sp³-hybridized carbons (Fsp3) is 0.273. The van der Waals surface area contributed by atoms with Gasteiger partial charge in [0.05, 0.1) is 5.02 Å². The zero-order chi connectivity index (χ0) is 10.8. The second-order valence-electron chi connectivity index (χ2n) is 3.72. The van der Waals surface area contributed by atoms with E-state index in [0.717, 1.165) is 5.56 Å². The normalized spacial score (nSPS) is 10.9. The largest absolute Gasteiger partial charge is 0.265 e. The lowest BCUT2D eigenvalue weighted by molar-refractivity contribution is 0.867. The van der Waals surface area contributed by atoms with Crippen LogP contribution in [0.3, 0.4) is 0 Å². The average molecular weight is 222 g/mol. The van der Waals surface area contributed by atoms with Crippen LogP contribution >= 0.6 is 11.6 Å². The van der Waals surface area contributed by atoms with Crippen molar-refractivity contribution < 1.29 is 0 Å². The fourth-order valence-corrected chi connectivity index (χ4v) is 1.68. The van der Waals surface area contributed by atoms with Crippen LogP contribution in [0.1, 0.15) is 25.3 Å². The van der Waals surface area contributed by atoms with E-state index in [0.29, 0.717) is 16.8 Å². The summed E-state index contributed by atoms with van der Waals surface area (Å²) in [5, 5.41) is 7.37. The number of hydrogen-bond acceptors (Lipinski definition) is 2. The second-order valence-corrected chi connectivity index (χ2v) is 4.12. The number of aromatic amines is 1. The predicted octanol–water partition coefficient (Wildman–Crippen LogP) is 3.25. The SMILES string of the molecule is CC(C)c1ccc(-c2nc[nH]n2)c(Cl)c1. The van der Waals surface area contributed by atoms with E-state index in [4.69, 9.17) is 11.6 Å². The first-order valence-electron chi connectivity index (χ1n) is 4.84. The van der Waals surface area contributed by atoms with E-state index < -0.39 is 0 Å². The molecule has 1 N–H and O–H groups in total. The maximum absolute atomic E-state index is 6.17. The zero-order valence-electron chi connectivity index (χ0n) is 8.66. The fourth-order valence-electron chi connectivity index (χ4n) is 1.41. The molecular weight excluding hydrogens is 210 g/mol. The number of rotatable bonds is 2. The van der Waals surface area contributed by atoms with Crippen molar-refractivity contribution in [2.24, 2.45) is 0 Å². The van der Waals surface area contributed by atoms with Crippen LogP contribution in [-0.4, -0.2) is 15.2 Å². The summed E-state index contributed by atoms with van der Waals surface area (Å²) in [5.41, 5.74) is 2.08. The molecule has 3 nitrogen and oxygen atoms in total. The van der Waals surface area contributed by atoms with Crippen molar-refractivity contribution in [1.82, 2.24) is 15.2 Å². The topological polar surface area (TPSA) is 41.6 Å². The minimum absolute atomic E-state index is 0.476. The summed E-state index contributed by atoms with van der Waals surface area (Å²) in [6.07, 6.45) is 1.54. The number of halogens is 1. The number of benzene rings is 1. The molecule has 0 fully saturated rings. The molecule has 78 valence electrons. The molecule has 0 aliphatic heterocycles. The first-order chi connectivity index (χ1) is 7.18. The van der Waals surface area contributed by atoms with Gasteiger partial charge in [0.2, 0.25) is 0 Å². The van der Waals surface area contributed by atoms with E-state index in [9.17, 15) is 0 Å². The number of hydrogen-bond donors (Lipinski definition) is 1. The molecular formula is C11H12ClN3. The van der Waals surface area contributed by atoms with Gasteiger partial charge in [-0.25, -0.2) is 4.98 Å². The molecule has 1 aromatic carbocycles.